The van der Waals surface area contributed by atoms with Crippen molar-refractivity contribution in [1.29, 1.82) is 0 Å². The number of anilines is 1. The molecule has 0 amide bonds. The minimum absolute atomic E-state index is 0.409. The fourth-order valence-corrected chi connectivity index (χ4v) is 2.81. The molecule has 82 valence electrons. The second-order valence-corrected chi connectivity index (χ2v) is 5.13. The van der Waals surface area contributed by atoms with Crippen LogP contribution in [0.5, 0.6) is 0 Å². The van der Waals surface area contributed by atoms with E-state index in [1.54, 1.807) is 11.8 Å². The minimum Gasteiger partial charge on any atom is -0.398 e. The minimum atomic E-state index is 0.409. The lowest BCUT2D eigenvalue weighted by Crippen LogP contribution is -2.07. The van der Waals surface area contributed by atoms with Crippen LogP contribution in [-0.2, 0) is 4.74 Å². The van der Waals surface area contributed by atoms with Gasteiger partial charge in [-0.1, -0.05) is 11.6 Å². The summed E-state index contributed by atoms with van der Waals surface area (Å²) >= 11 is 7.72. The van der Waals surface area contributed by atoms with Gasteiger partial charge < -0.3 is 10.5 Å². The van der Waals surface area contributed by atoms with Crippen LogP contribution in [-0.4, -0.2) is 18.5 Å². The molecule has 0 radical (unpaired) electrons. The van der Waals surface area contributed by atoms with E-state index in [1.807, 2.05) is 18.2 Å². The molecule has 1 aliphatic heterocycles. The molecule has 1 heterocycles. The second-order valence-electron chi connectivity index (χ2n) is 3.63. The van der Waals surface area contributed by atoms with Gasteiger partial charge in [-0.2, -0.15) is 0 Å². The van der Waals surface area contributed by atoms with Gasteiger partial charge in [0.1, 0.15) is 0 Å². The van der Waals surface area contributed by atoms with Crippen molar-refractivity contribution in [2.45, 2.75) is 23.8 Å². The lowest BCUT2D eigenvalue weighted by Gasteiger charge is -2.09. The van der Waals surface area contributed by atoms with Gasteiger partial charge in [-0.05, 0) is 31.0 Å². The Morgan fingerprint density at radius 2 is 2.40 bits per heavy atom. The van der Waals surface area contributed by atoms with Gasteiger partial charge in [0.15, 0.2) is 0 Å². The van der Waals surface area contributed by atoms with E-state index in [0.717, 1.165) is 17.3 Å². The molecule has 2 nitrogen and oxygen atoms in total. The second kappa shape index (κ2) is 5.10. The van der Waals surface area contributed by atoms with Crippen molar-refractivity contribution >= 4 is 29.1 Å². The predicted molar refractivity (Wildman–Crippen MR) is 65.6 cm³/mol. The molecule has 0 aromatic heterocycles. The number of benzene rings is 1. The van der Waals surface area contributed by atoms with E-state index in [0.29, 0.717) is 16.8 Å². The predicted octanol–water partition coefficient (Wildman–Crippen LogP) is 3.19. The topological polar surface area (TPSA) is 35.2 Å². The number of rotatable bonds is 3. The van der Waals surface area contributed by atoms with Crippen LogP contribution in [0, 0.1) is 0 Å². The SMILES string of the molecule is Nc1ccc(SCC2CCCO2)cc1Cl. The Hall–Kier alpha value is -0.380. The monoisotopic (exact) mass is 243 g/mol. The van der Waals surface area contributed by atoms with Crippen molar-refractivity contribution < 1.29 is 4.74 Å². The summed E-state index contributed by atoms with van der Waals surface area (Å²) in [4.78, 5) is 1.16. The third-order valence-corrected chi connectivity index (χ3v) is 3.88. The van der Waals surface area contributed by atoms with Gasteiger partial charge in [-0.25, -0.2) is 0 Å². The number of hydrogen-bond acceptors (Lipinski definition) is 3. The molecule has 0 bridgehead atoms. The molecular formula is C11H14ClNOS. The highest BCUT2D eigenvalue weighted by molar-refractivity contribution is 7.99. The molecule has 4 heteroatoms. The van der Waals surface area contributed by atoms with Gasteiger partial charge in [-0.3, -0.25) is 0 Å². The van der Waals surface area contributed by atoms with Crippen molar-refractivity contribution in [2.24, 2.45) is 0 Å². The smallest absolute Gasteiger partial charge is 0.0669 e. The average Bonchev–Trinajstić information content (AvgIpc) is 2.73. The number of ether oxygens (including phenoxy) is 1. The van der Waals surface area contributed by atoms with Crippen molar-refractivity contribution in [1.82, 2.24) is 0 Å². The standard InChI is InChI=1S/C11H14ClNOS/c12-10-6-9(3-4-11(10)13)15-7-8-2-1-5-14-8/h3-4,6,8H,1-2,5,7,13H2. The molecule has 0 saturated carbocycles. The molecule has 1 unspecified atom stereocenters. The van der Waals surface area contributed by atoms with Gasteiger partial charge >= 0.3 is 0 Å². The van der Waals surface area contributed by atoms with Crippen LogP contribution in [0.4, 0.5) is 5.69 Å². The first-order valence-electron chi connectivity index (χ1n) is 5.05. The summed E-state index contributed by atoms with van der Waals surface area (Å²) in [5, 5.41) is 0.632. The highest BCUT2D eigenvalue weighted by Crippen LogP contribution is 2.28. The van der Waals surface area contributed by atoms with Crippen LogP contribution in [0.3, 0.4) is 0 Å². The number of nitrogen functional groups attached to an aromatic ring is 1. The van der Waals surface area contributed by atoms with E-state index in [2.05, 4.69) is 0 Å². The third kappa shape index (κ3) is 3.03. The quantitative estimate of drug-likeness (QED) is 0.654. The Bertz CT molecular complexity index is 339. The van der Waals surface area contributed by atoms with Crippen molar-refractivity contribution in [3.63, 3.8) is 0 Å². The molecule has 0 aliphatic carbocycles. The van der Waals surface area contributed by atoms with E-state index < -0.39 is 0 Å². The van der Waals surface area contributed by atoms with Gasteiger partial charge in [0.05, 0.1) is 16.8 Å². The van der Waals surface area contributed by atoms with E-state index in [-0.39, 0.29) is 0 Å². The molecule has 1 aliphatic rings. The zero-order chi connectivity index (χ0) is 10.7. The van der Waals surface area contributed by atoms with Crippen LogP contribution in [0.2, 0.25) is 5.02 Å². The van der Waals surface area contributed by atoms with Crippen LogP contribution in [0.1, 0.15) is 12.8 Å². The fourth-order valence-electron chi connectivity index (χ4n) is 1.56. The van der Waals surface area contributed by atoms with E-state index in [9.17, 15) is 0 Å². The lowest BCUT2D eigenvalue weighted by atomic mass is 10.3. The molecule has 2 rings (SSSR count). The molecular weight excluding hydrogens is 230 g/mol. The first-order valence-corrected chi connectivity index (χ1v) is 6.41. The Morgan fingerprint density at radius 1 is 1.53 bits per heavy atom. The molecule has 0 spiro atoms. The first-order chi connectivity index (χ1) is 7.25. The number of hydrogen-bond donors (Lipinski definition) is 1. The molecule has 1 fully saturated rings. The highest BCUT2D eigenvalue weighted by atomic mass is 35.5. The molecule has 15 heavy (non-hydrogen) atoms. The summed E-state index contributed by atoms with van der Waals surface area (Å²) in [5.74, 6) is 1.00. The number of nitrogens with two attached hydrogens (primary N) is 1. The van der Waals surface area contributed by atoms with Crippen LogP contribution >= 0.6 is 23.4 Å². The summed E-state index contributed by atoms with van der Waals surface area (Å²) in [5.41, 5.74) is 6.28. The summed E-state index contributed by atoms with van der Waals surface area (Å²) in [6.07, 6.45) is 2.77. The maximum Gasteiger partial charge on any atom is 0.0669 e. The van der Waals surface area contributed by atoms with Crippen molar-refractivity contribution in [3.05, 3.63) is 23.2 Å². The van der Waals surface area contributed by atoms with E-state index in [4.69, 9.17) is 22.1 Å². The van der Waals surface area contributed by atoms with Gasteiger partial charge in [0, 0.05) is 17.3 Å². The fraction of sp³-hybridized carbons (Fsp3) is 0.455. The maximum absolute atomic E-state index is 5.94. The molecule has 1 atom stereocenters. The molecule has 1 saturated heterocycles. The summed E-state index contributed by atoms with van der Waals surface area (Å²) in [6.45, 7) is 0.910. The summed E-state index contributed by atoms with van der Waals surface area (Å²) in [7, 11) is 0. The van der Waals surface area contributed by atoms with Crippen molar-refractivity contribution in [3.8, 4) is 0 Å². The van der Waals surface area contributed by atoms with Crippen molar-refractivity contribution in [2.75, 3.05) is 18.1 Å². The van der Waals surface area contributed by atoms with Gasteiger partial charge in [-0.15, -0.1) is 11.8 Å². The number of halogens is 1. The summed E-state index contributed by atoms with van der Waals surface area (Å²) < 4.78 is 5.55. The first kappa shape index (κ1) is 11.1. The number of thioether (sulfide) groups is 1. The van der Waals surface area contributed by atoms with E-state index >= 15 is 0 Å². The maximum atomic E-state index is 5.94. The summed E-state index contributed by atoms with van der Waals surface area (Å²) in [6, 6.07) is 5.76. The van der Waals surface area contributed by atoms with Crippen LogP contribution < -0.4 is 5.73 Å². The van der Waals surface area contributed by atoms with E-state index in [1.165, 1.54) is 12.8 Å². The Balaban J connectivity index is 1.90. The van der Waals surface area contributed by atoms with Gasteiger partial charge in [0.2, 0.25) is 0 Å². The Morgan fingerprint density at radius 3 is 3.07 bits per heavy atom. The third-order valence-electron chi connectivity index (χ3n) is 2.43. The average molecular weight is 244 g/mol. The molecule has 1 aromatic rings. The Labute approximate surface area is 99.1 Å². The molecule has 1 aromatic carbocycles. The Kier molecular flexibility index (Phi) is 3.78. The lowest BCUT2D eigenvalue weighted by molar-refractivity contribution is 0.129. The largest absolute Gasteiger partial charge is 0.398 e. The normalized spacial score (nSPS) is 20.7. The zero-order valence-corrected chi connectivity index (χ0v) is 9.98. The van der Waals surface area contributed by atoms with Gasteiger partial charge in [0.25, 0.3) is 0 Å². The molecule has 2 N–H and O–H groups in total. The van der Waals surface area contributed by atoms with Crippen LogP contribution in [0.25, 0.3) is 0 Å². The zero-order valence-electron chi connectivity index (χ0n) is 8.41. The van der Waals surface area contributed by atoms with Crippen LogP contribution in [0.15, 0.2) is 23.1 Å². The highest BCUT2D eigenvalue weighted by Gasteiger charge is 2.15.